The van der Waals surface area contributed by atoms with E-state index in [2.05, 4.69) is 9.88 Å². The van der Waals surface area contributed by atoms with Gasteiger partial charge in [-0.25, -0.2) is 17.8 Å². The van der Waals surface area contributed by atoms with E-state index in [1.165, 1.54) is 21.7 Å². The van der Waals surface area contributed by atoms with Gasteiger partial charge in [-0.1, -0.05) is 35.4 Å². The smallest absolute Gasteiger partial charge is 0.243 e. The zero-order valence-electron chi connectivity index (χ0n) is 16.4. The van der Waals surface area contributed by atoms with E-state index in [-0.39, 0.29) is 5.02 Å². The third-order valence-electron chi connectivity index (χ3n) is 5.08. The number of aryl methyl sites for hydroxylation is 1. The van der Waals surface area contributed by atoms with Gasteiger partial charge in [0.2, 0.25) is 10.0 Å². The Morgan fingerprint density at radius 2 is 1.80 bits per heavy atom. The summed E-state index contributed by atoms with van der Waals surface area (Å²) in [7, 11) is -3.48. The SMILES string of the molecule is Cc1ccc(S(=O)(=O)N2CCN(c3nc(Cc4ccc(F)c(Cl)c4)cs3)CC2)cc1. The number of rotatable bonds is 5. The van der Waals surface area contributed by atoms with Gasteiger partial charge >= 0.3 is 0 Å². The first-order chi connectivity index (χ1) is 14.3. The Labute approximate surface area is 184 Å². The molecule has 0 amide bonds. The van der Waals surface area contributed by atoms with Crippen molar-refractivity contribution in [3.63, 3.8) is 0 Å². The van der Waals surface area contributed by atoms with Crippen molar-refractivity contribution in [2.24, 2.45) is 0 Å². The predicted octanol–water partition coefficient (Wildman–Crippen LogP) is 4.35. The minimum absolute atomic E-state index is 0.105. The maximum absolute atomic E-state index is 13.3. The van der Waals surface area contributed by atoms with Crippen molar-refractivity contribution >= 4 is 38.1 Å². The molecule has 9 heteroatoms. The van der Waals surface area contributed by atoms with Crippen molar-refractivity contribution in [1.82, 2.24) is 9.29 Å². The van der Waals surface area contributed by atoms with Crippen LogP contribution < -0.4 is 4.90 Å². The molecule has 0 atom stereocenters. The summed E-state index contributed by atoms with van der Waals surface area (Å²) in [5.74, 6) is -0.433. The first-order valence-corrected chi connectivity index (χ1v) is 12.2. The molecule has 1 aromatic heterocycles. The summed E-state index contributed by atoms with van der Waals surface area (Å²) < 4.78 is 40.6. The van der Waals surface area contributed by atoms with Gasteiger partial charge in [-0.15, -0.1) is 11.3 Å². The van der Waals surface area contributed by atoms with E-state index in [9.17, 15) is 12.8 Å². The largest absolute Gasteiger partial charge is 0.345 e. The van der Waals surface area contributed by atoms with Crippen molar-refractivity contribution in [2.75, 3.05) is 31.1 Å². The molecule has 1 fully saturated rings. The molecule has 2 aromatic carbocycles. The average molecular weight is 466 g/mol. The summed E-state index contributed by atoms with van der Waals surface area (Å²) in [4.78, 5) is 7.11. The fourth-order valence-corrected chi connectivity index (χ4v) is 5.86. The van der Waals surface area contributed by atoms with Crippen LogP contribution in [0.2, 0.25) is 5.02 Å². The summed E-state index contributed by atoms with van der Waals surface area (Å²) in [5, 5.41) is 2.95. The van der Waals surface area contributed by atoms with E-state index in [1.54, 1.807) is 24.3 Å². The molecule has 1 saturated heterocycles. The number of hydrogen-bond donors (Lipinski definition) is 0. The Hall–Kier alpha value is -2.00. The Balaban J connectivity index is 1.40. The van der Waals surface area contributed by atoms with E-state index in [0.717, 1.165) is 22.0 Å². The van der Waals surface area contributed by atoms with Crippen LogP contribution in [-0.2, 0) is 16.4 Å². The van der Waals surface area contributed by atoms with Crippen LogP contribution in [0.1, 0.15) is 16.8 Å². The molecule has 5 nitrogen and oxygen atoms in total. The van der Waals surface area contributed by atoms with E-state index < -0.39 is 15.8 Å². The molecule has 0 spiro atoms. The van der Waals surface area contributed by atoms with E-state index in [0.29, 0.717) is 37.5 Å². The van der Waals surface area contributed by atoms with Gasteiger partial charge in [0.15, 0.2) is 5.13 Å². The molecule has 0 unspecified atom stereocenters. The Bertz CT molecular complexity index is 1140. The highest BCUT2D eigenvalue weighted by molar-refractivity contribution is 7.89. The molecule has 1 aliphatic heterocycles. The minimum atomic E-state index is -3.48. The molecule has 0 aliphatic carbocycles. The Kier molecular flexibility index (Phi) is 6.11. The first kappa shape index (κ1) is 21.2. The number of piperazine rings is 1. The number of anilines is 1. The van der Waals surface area contributed by atoms with Gasteiger partial charge in [0.1, 0.15) is 5.82 Å². The molecule has 0 radical (unpaired) electrons. The van der Waals surface area contributed by atoms with Crippen LogP contribution in [0.3, 0.4) is 0 Å². The van der Waals surface area contributed by atoms with Gasteiger partial charge in [0.05, 0.1) is 15.6 Å². The lowest BCUT2D eigenvalue weighted by Gasteiger charge is -2.33. The molecule has 2 heterocycles. The third-order valence-corrected chi connectivity index (χ3v) is 8.23. The summed E-state index contributed by atoms with van der Waals surface area (Å²) in [6, 6.07) is 11.6. The van der Waals surface area contributed by atoms with E-state index in [4.69, 9.17) is 11.6 Å². The lowest BCUT2D eigenvalue weighted by molar-refractivity contribution is 0.384. The van der Waals surface area contributed by atoms with Crippen LogP contribution >= 0.6 is 22.9 Å². The monoisotopic (exact) mass is 465 g/mol. The van der Waals surface area contributed by atoms with Crippen LogP contribution in [0, 0.1) is 12.7 Å². The zero-order valence-corrected chi connectivity index (χ0v) is 18.8. The second-order valence-corrected chi connectivity index (χ2v) is 10.4. The molecule has 4 rings (SSSR count). The van der Waals surface area contributed by atoms with Crippen molar-refractivity contribution < 1.29 is 12.8 Å². The third kappa shape index (κ3) is 4.51. The minimum Gasteiger partial charge on any atom is -0.345 e. The number of nitrogens with zero attached hydrogens (tertiary/aromatic N) is 3. The van der Waals surface area contributed by atoms with Crippen LogP contribution in [0.15, 0.2) is 52.7 Å². The van der Waals surface area contributed by atoms with Gasteiger partial charge in [-0.2, -0.15) is 4.31 Å². The average Bonchev–Trinajstić information content (AvgIpc) is 3.20. The highest BCUT2D eigenvalue weighted by atomic mass is 35.5. The van der Waals surface area contributed by atoms with Crippen LogP contribution in [0.25, 0.3) is 0 Å². The Morgan fingerprint density at radius 3 is 2.47 bits per heavy atom. The molecule has 30 heavy (non-hydrogen) atoms. The number of thiazole rings is 1. The zero-order chi connectivity index (χ0) is 21.3. The highest BCUT2D eigenvalue weighted by Crippen LogP contribution is 2.26. The quantitative estimate of drug-likeness (QED) is 0.562. The van der Waals surface area contributed by atoms with Crippen molar-refractivity contribution in [3.8, 4) is 0 Å². The molecule has 3 aromatic rings. The molecule has 0 bridgehead atoms. The molecule has 0 saturated carbocycles. The molecular formula is C21H21ClFN3O2S2. The summed E-state index contributed by atoms with van der Waals surface area (Å²) in [6.07, 6.45) is 0.568. The molecule has 1 aliphatic rings. The number of aromatic nitrogens is 1. The first-order valence-electron chi connectivity index (χ1n) is 9.53. The van der Waals surface area contributed by atoms with E-state index in [1.807, 2.05) is 24.4 Å². The van der Waals surface area contributed by atoms with Gasteiger partial charge in [-0.3, -0.25) is 0 Å². The van der Waals surface area contributed by atoms with Crippen molar-refractivity contribution in [3.05, 3.63) is 75.5 Å². The van der Waals surface area contributed by atoms with Gasteiger partial charge in [-0.05, 0) is 36.8 Å². The second kappa shape index (κ2) is 8.63. The maximum Gasteiger partial charge on any atom is 0.243 e. The second-order valence-electron chi connectivity index (χ2n) is 7.25. The summed E-state index contributed by atoms with van der Waals surface area (Å²) in [6.45, 7) is 3.93. The standard InChI is InChI=1S/C21H21ClFN3O2S2/c1-15-2-5-18(6-3-15)30(27,28)26-10-8-25(9-11-26)21-24-17(14-29-21)12-16-4-7-20(23)19(22)13-16/h2-7,13-14H,8-12H2,1H3. The number of benzene rings is 2. The fourth-order valence-electron chi connectivity index (χ4n) is 3.36. The van der Waals surface area contributed by atoms with Crippen molar-refractivity contribution in [2.45, 2.75) is 18.2 Å². The molecule has 0 N–H and O–H groups in total. The molecular weight excluding hydrogens is 445 g/mol. The lowest BCUT2D eigenvalue weighted by Crippen LogP contribution is -2.48. The van der Waals surface area contributed by atoms with Crippen LogP contribution in [0.5, 0.6) is 0 Å². The van der Waals surface area contributed by atoms with Crippen molar-refractivity contribution in [1.29, 1.82) is 0 Å². The van der Waals surface area contributed by atoms with Gasteiger partial charge in [0, 0.05) is 38.0 Å². The number of sulfonamides is 1. The number of halogens is 2. The van der Waals surface area contributed by atoms with Crippen LogP contribution in [-0.4, -0.2) is 43.9 Å². The summed E-state index contributed by atoms with van der Waals surface area (Å²) >= 11 is 7.38. The number of hydrogen-bond acceptors (Lipinski definition) is 5. The fraction of sp³-hybridized carbons (Fsp3) is 0.286. The van der Waals surface area contributed by atoms with E-state index >= 15 is 0 Å². The highest BCUT2D eigenvalue weighted by Gasteiger charge is 2.29. The normalized spacial score (nSPS) is 15.5. The summed E-state index contributed by atoms with van der Waals surface area (Å²) in [5.41, 5.74) is 2.81. The predicted molar refractivity (Wildman–Crippen MR) is 118 cm³/mol. The van der Waals surface area contributed by atoms with Gasteiger partial charge in [0.25, 0.3) is 0 Å². The van der Waals surface area contributed by atoms with Gasteiger partial charge < -0.3 is 4.90 Å². The Morgan fingerprint density at radius 1 is 1.10 bits per heavy atom. The topological polar surface area (TPSA) is 53.5 Å². The maximum atomic E-state index is 13.3. The molecule has 158 valence electrons. The lowest BCUT2D eigenvalue weighted by atomic mass is 10.1. The van der Waals surface area contributed by atoms with Crippen LogP contribution in [0.4, 0.5) is 9.52 Å².